The summed E-state index contributed by atoms with van der Waals surface area (Å²) in [6.45, 7) is 1.54. The fourth-order valence-electron chi connectivity index (χ4n) is 1.83. The van der Waals surface area contributed by atoms with E-state index in [1.54, 1.807) is 11.0 Å². The third-order valence-electron chi connectivity index (χ3n) is 2.67. The first-order valence-corrected chi connectivity index (χ1v) is 5.61. The van der Waals surface area contributed by atoms with E-state index in [2.05, 4.69) is 20.7 Å². The highest BCUT2D eigenvalue weighted by molar-refractivity contribution is 5.81. The van der Waals surface area contributed by atoms with Gasteiger partial charge < -0.3 is 10.6 Å². The summed E-state index contributed by atoms with van der Waals surface area (Å²) in [5.41, 5.74) is 0. The zero-order chi connectivity index (χ0) is 11.4. The molecule has 0 spiro atoms. The van der Waals surface area contributed by atoms with Crippen LogP contribution in [0.3, 0.4) is 0 Å². The van der Waals surface area contributed by atoms with Crippen LogP contribution in [-0.4, -0.2) is 39.8 Å². The van der Waals surface area contributed by atoms with Gasteiger partial charge in [0.25, 0.3) is 0 Å². The quantitative estimate of drug-likeness (QED) is 0.703. The molecule has 2 rings (SSSR count). The minimum atomic E-state index is -0.00306. The smallest absolute Gasteiger partial charge is 0.237 e. The van der Waals surface area contributed by atoms with Crippen molar-refractivity contribution in [1.29, 1.82) is 0 Å². The molecule has 16 heavy (non-hydrogen) atoms. The molecular formula is C10H17N5O. The molecule has 1 saturated heterocycles. The summed E-state index contributed by atoms with van der Waals surface area (Å²) in [5.74, 6) is 0.857. The van der Waals surface area contributed by atoms with Gasteiger partial charge >= 0.3 is 0 Å². The van der Waals surface area contributed by atoms with Gasteiger partial charge in [0.05, 0.1) is 6.04 Å². The predicted octanol–water partition coefficient (Wildman–Crippen LogP) is -0.774. The lowest BCUT2D eigenvalue weighted by Gasteiger charge is -2.09. The van der Waals surface area contributed by atoms with Crippen molar-refractivity contribution < 1.29 is 4.79 Å². The van der Waals surface area contributed by atoms with Crippen LogP contribution in [0.25, 0.3) is 0 Å². The Hall–Kier alpha value is -1.43. The largest absolute Gasteiger partial charge is 0.354 e. The second kappa shape index (κ2) is 5.07. The molecule has 0 radical (unpaired) electrons. The van der Waals surface area contributed by atoms with Crippen LogP contribution in [0.15, 0.2) is 6.33 Å². The number of carbonyl (C=O) groups excluding carboxylic acids is 1. The molecule has 6 heteroatoms. The Labute approximate surface area is 94.4 Å². The standard InChI is InChI=1S/C10H17N5O/c1-15-7-13-9(14-15)4-6-12-10(16)8-3-2-5-11-8/h7-8,11H,2-6H2,1H3,(H,12,16)/t8-/m1/s1. The number of rotatable bonds is 4. The number of amides is 1. The average molecular weight is 223 g/mol. The van der Waals surface area contributed by atoms with Crippen molar-refractivity contribution in [2.24, 2.45) is 7.05 Å². The fraction of sp³-hybridized carbons (Fsp3) is 0.700. The van der Waals surface area contributed by atoms with Crippen molar-refractivity contribution in [3.8, 4) is 0 Å². The lowest BCUT2D eigenvalue weighted by Crippen LogP contribution is -2.41. The number of carbonyl (C=O) groups is 1. The summed E-state index contributed by atoms with van der Waals surface area (Å²) >= 11 is 0. The van der Waals surface area contributed by atoms with Crippen LogP contribution in [0.4, 0.5) is 0 Å². The van der Waals surface area contributed by atoms with E-state index in [9.17, 15) is 4.79 Å². The minimum absolute atomic E-state index is 0.00306. The molecule has 1 atom stereocenters. The predicted molar refractivity (Wildman–Crippen MR) is 58.7 cm³/mol. The second-order valence-electron chi connectivity index (χ2n) is 4.02. The van der Waals surface area contributed by atoms with Gasteiger partial charge in [-0.05, 0) is 19.4 Å². The van der Waals surface area contributed by atoms with Crippen molar-refractivity contribution in [2.75, 3.05) is 13.1 Å². The Morgan fingerprint density at radius 1 is 1.75 bits per heavy atom. The number of nitrogens with one attached hydrogen (secondary N) is 2. The molecule has 6 nitrogen and oxygen atoms in total. The van der Waals surface area contributed by atoms with Crippen molar-refractivity contribution >= 4 is 5.91 Å². The number of hydrogen-bond acceptors (Lipinski definition) is 4. The molecule has 88 valence electrons. The summed E-state index contributed by atoms with van der Waals surface area (Å²) in [4.78, 5) is 15.7. The van der Waals surface area contributed by atoms with Crippen molar-refractivity contribution in [3.05, 3.63) is 12.2 Å². The van der Waals surface area contributed by atoms with E-state index in [4.69, 9.17) is 0 Å². The molecular weight excluding hydrogens is 206 g/mol. The molecule has 0 aromatic carbocycles. The van der Waals surface area contributed by atoms with Gasteiger partial charge in [0, 0.05) is 20.0 Å². The van der Waals surface area contributed by atoms with Crippen LogP contribution in [0, 0.1) is 0 Å². The Morgan fingerprint density at radius 2 is 2.62 bits per heavy atom. The number of nitrogens with zero attached hydrogens (tertiary/aromatic N) is 3. The molecule has 0 aliphatic carbocycles. The van der Waals surface area contributed by atoms with Crippen LogP contribution in [0.1, 0.15) is 18.7 Å². The van der Waals surface area contributed by atoms with Crippen LogP contribution in [0.5, 0.6) is 0 Å². The first-order chi connectivity index (χ1) is 7.75. The highest BCUT2D eigenvalue weighted by Gasteiger charge is 2.21. The SMILES string of the molecule is Cn1cnc(CCNC(=O)[C@H]2CCCN2)n1. The van der Waals surface area contributed by atoms with E-state index in [-0.39, 0.29) is 11.9 Å². The topological polar surface area (TPSA) is 71.8 Å². The summed E-state index contributed by atoms with van der Waals surface area (Å²) in [6.07, 6.45) is 4.36. The Bertz CT molecular complexity index is 356. The zero-order valence-corrected chi connectivity index (χ0v) is 9.44. The van der Waals surface area contributed by atoms with Gasteiger partial charge in [0.2, 0.25) is 5.91 Å². The van der Waals surface area contributed by atoms with Crippen LogP contribution in [0.2, 0.25) is 0 Å². The summed E-state index contributed by atoms with van der Waals surface area (Å²) in [5, 5.41) is 10.2. The maximum atomic E-state index is 11.6. The molecule has 1 fully saturated rings. The fourth-order valence-corrected chi connectivity index (χ4v) is 1.83. The third kappa shape index (κ3) is 2.79. The van der Waals surface area contributed by atoms with Gasteiger partial charge in [-0.3, -0.25) is 9.48 Å². The molecule has 1 aliphatic rings. The minimum Gasteiger partial charge on any atom is -0.354 e. The van der Waals surface area contributed by atoms with Gasteiger partial charge in [-0.1, -0.05) is 0 Å². The Kier molecular flexibility index (Phi) is 3.51. The zero-order valence-electron chi connectivity index (χ0n) is 9.44. The van der Waals surface area contributed by atoms with Crippen LogP contribution < -0.4 is 10.6 Å². The molecule has 0 bridgehead atoms. The monoisotopic (exact) mass is 223 g/mol. The first-order valence-electron chi connectivity index (χ1n) is 5.61. The van der Waals surface area contributed by atoms with E-state index in [1.807, 2.05) is 7.05 Å². The maximum absolute atomic E-state index is 11.6. The molecule has 0 saturated carbocycles. The number of aromatic nitrogens is 3. The van der Waals surface area contributed by atoms with Crippen molar-refractivity contribution in [3.63, 3.8) is 0 Å². The van der Waals surface area contributed by atoms with E-state index in [0.717, 1.165) is 25.2 Å². The summed E-state index contributed by atoms with van der Waals surface area (Å²) < 4.78 is 1.66. The highest BCUT2D eigenvalue weighted by atomic mass is 16.2. The average Bonchev–Trinajstić information content (AvgIpc) is 2.89. The van der Waals surface area contributed by atoms with Crippen LogP contribution in [-0.2, 0) is 18.3 Å². The van der Waals surface area contributed by atoms with Gasteiger partial charge in [-0.2, -0.15) is 5.10 Å². The van der Waals surface area contributed by atoms with E-state index in [1.165, 1.54) is 0 Å². The maximum Gasteiger partial charge on any atom is 0.237 e. The second-order valence-corrected chi connectivity index (χ2v) is 4.02. The normalized spacial score (nSPS) is 19.9. The Balaban J connectivity index is 1.69. The third-order valence-corrected chi connectivity index (χ3v) is 2.67. The molecule has 1 aromatic rings. The van der Waals surface area contributed by atoms with Crippen molar-refractivity contribution in [2.45, 2.75) is 25.3 Å². The Morgan fingerprint density at radius 3 is 3.25 bits per heavy atom. The van der Waals surface area contributed by atoms with Gasteiger partial charge in [0.1, 0.15) is 6.33 Å². The lowest BCUT2D eigenvalue weighted by atomic mass is 10.2. The molecule has 2 N–H and O–H groups in total. The summed E-state index contributed by atoms with van der Waals surface area (Å²) in [6, 6.07) is -0.00306. The van der Waals surface area contributed by atoms with Gasteiger partial charge in [-0.15, -0.1) is 0 Å². The summed E-state index contributed by atoms with van der Waals surface area (Å²) in [7, 11) is 1.83. The van der Waals surface area contributed by atoms with Crippen LogP contribution >= 0.6 is 0 Å². The molecule has 0 unspecified atom stereocenters. The van der Waals surface area contributed by atoms with Crippen molar-refractivity contribution in [1.82, 2.24) is 25.4 Å². The van der Waals surface area contributed by atoms with E-state index in [0.29, 0.717) is 13.0 Å². The van der Waals surface area contributed by atoms with E-state index >= 15 is 0 Å². The highest BCUT2D eigenvalue weighted by Crippen LogP contribution is 2.04. The van der Waals surface area contributed by atoms with Gasteiger partial charge in [-0.25, -0.2) is 4.98 Å². The van der Waals surface area contributed by atoms with Gasteiger partial charge in [0.15, 0.2) is 5.82 Å². The molecule has 2 heterocycles. The van der Waals surface area contributed by atoms with E-state index < -0.39 is 0 Å². The number of hydrogen-bond donors (Lipinski definition) is 2. The number of aryl methyl sites for hydroxylation is 1. The lowest BCUT2D eigenvalue weighted by molar-refractivity contribution is -0.122. The molecule has 1 aliphatic heterocycles. The molecule has 1 aromatic heterocycles. The first kappa shape index (κ1) is 11.1. The molecule has 1 amide bonds.